The molecule has 0 fully saturated rings. The summed E-state index contributed by atoms with van der Waals surface area (Å²) < 4.78 is 0. The highest BCUT2D eigenvalue weighted by Gasteiger charge is 2.22. The monoisotopic (exact) mass is 244 g/mol. The van der Waals surface area contributed by atoms with Crippen molar-refractivity contribution in [1.29, 1.82) is 0 Å². The van der Waals surface area contributed by atoms with Crippen molar-refractivity contribution in [2.45, 2.75) is 39.2 Å². The van der Waals surface area contributed by atoms with Crippen molar-refractivity contribution in [3.63, 3.8) is 0 Å². The Balaban J connectivity index is 4.17. The predicted octanol–water partition coefficient (Wildman–Crippen LogP) is 0.224. The number of rotatable bonds is 6. The average molecular weight is 244 g/mol. The molecule has 0 saturated heterocycles. The van der Waals surface area contributed by atoms with Crippen molar-refractivity contribution >= 4 is 17.8 Å². The van der Waals surface area contributed by atoms with Crippen molar-refractivity contribution in [2.75, 3.05) is 13.6 Å². The highest BCUT2D eigenvalue weighted by molar-refractivity contribution is 5.84. The van der Waals surface area contributed by atoms with E-state index in [2.05, 4.69) is 5.32 Å². The van der Waals surface area contributed by atoms with Gasteiger partial charge in [-0.1, -0.05) is 0 Å². The van der Waals surface area contributed by atoms with Crippen LogP contribution in [0.25, 0.3) is 0 Å². The number of hydrogen-bond acceptors (Lipinski definition) is 3. The van der Waals surface area contributed by atoms with Crippen LogP contribution in [0.2, 0.25) is 0 Å². The number of nitrogens with one attached hydrogen (secondary N) is 1. The third-order valence-electron chi connectivity index (χ3n) is 2.36. The van der Waals surface area contributed by atoms with Gasteiger partial charge < -0.3 is 15.3 Å². The van der Waals surface area contributed by atoms with E-state index < -0.39 is 11.5 Å². The van der Waals surface area contributed by atoms with Crippen molar-refractivity contribution < 1.29 is 19.5 Å². The van der Waals surface area contributed by atoms with Crippen molar-refractivity contribution in [3.05, 3.63) is 0 Å². The third kappa shape index (κ3) is 7.32. The summed E-state index contributed by atoms with van der Waals surface area (Å²) in [6.07, 6.45) is 0.341. The maximum Gasteiger partial charge on any atom is 0.303 e. The summed E-state index contributed by atoms with van der Waals surface area (Å²) in [5.41, 5.74) is -0.590. The second kappa shape index (κ2) is 6.22. The van der Waals surface area contributed by atoms with Crippen molar-refractivity contribution in [3.8, 4) is 0 Å². The number of amides is 2. The lowest BCUT2D eigenvalue weighted by Gasteiger charge is -2.27. The molecule has 0 radical (unpaired) electrons. The van der Waals surface area contributed by atoms with Gasteiger partial charge in [-0.25, -0.2) is 0 Å². The minimum absolute atomic E-state index is 0.00414. The van der Waals surface area contributed by atoms with Crippen LogP contribution in [0.4, 0.5) is 0 Å². The first-order chi connectivity index (χ1) is 7.64. The van der Waals surface area contributed by atoms with E-state index in [0.717, 1.165) is 0 Å². The molecule has 6 heteroatoms. The molecule has 0 aromatic rings. The molecule has 0 unspecified atom stereocenters. The fraction of sp³-hybridized carbons (Fsp3) is 0.727. The van der Waals surface area contributed by atoms with Crippen LogP contribution in [0.5, 0.6) is 0 Å². The van der Waals surface area contributed by atoms with Gasteiger partial charge in [0.05, 0.1) is 6.54 Å². The van der Waals surface area contributed by atoms with Crippen molar-refractivity contribution in [1.82, 2.24) is 10.2 Å². The first-order valence-corrected chi connectivity index (χ1v) is 5.38. The number of hydrogen-bond donors (Lipinski definition) is 2. The average Bonchev–Trinajstić information content (AvgIpc) is 2.13. The number of carboxylic acid groups (broad SMARTS) is 1. The van der Waals surface area contributed by atoms with Crippen LogP contribution in [0.3, 0.4) is 0 Å². The zero-order valence-electron chi connectivity index (χ0n) is 10.7. The topological polar surface area (TPSA) is 86.7 Å². The van der Waals surface area contributed by atoms with Gasteiger partial charge in [0.15, 0.2) is 0 Å². The Labute approximate surface area is 101 Å². The van der Waals surface area contributed by atoms with Gasteiger partial charge >= 0.3 is 5.97 Å². The van der Waals surface area contributed by atoms with Crippen molar-refractivity contribution in [2.24, 2.45) is 0 Å². The molecule has 2 amide bonds. The van der Waals surface area contributed by atoms with Gasteiger partial charge in [0.25, 0.3) is 0 Å². The molecule has 0 aromatic carbocycles. The summed E-state index contributed by atoms with van der Waals surface area (Å²) in [6, 6.07) is 0. The smallest absolute Gasteiger partial charge is 0.303 e. The fourth-order valence-electron chi connectivity index (χ4n) is 1.23. The molecule has 0 aromatic heterocycles. The van der Waals surface area contributed by atoms with Gasteiger partial charge in [-0.3, -0.25) is 14.4 Å². The highest BCUT2D eigenvalue weighted by Crippen LogP contribution is 2.10. The van der Waals surface area contributed by atoms with Crippen LogP contribution in [0.1, 0.15) is 33.6 Å². The molecule has 98 valence electrons. The van der Waals surface area contributed by atoms with Gasteiger partial charge in [-0.15, -0.1) is 0 Å². The zero-order chi connectivity index (χ0) is 13.6. The van der Waals surface area contributed by atoms with Crippen LogP contribution >= 0.6 is 0 Å². The maximum atomic E-state index is 11.6. The molecule has 0 spiro atoms. The second-order valence-electron chi connectivity index (χ2n) is 4.70. The van der Waals surface area contributed by atoms with Gasteiger partial charge in [0.2, 0.25) is 11.8 Å². The van der Waals surface area contributed by atoms with Gasteiger partial charge in [-0.2, -0.15) is 0 Å². The summed E-state index contributed by atoms with van der Waals surface area (Å²) in [5.74, 6) is -1.38. The fourth-order valence-corrected chi connectivity index (χ4v) is 1.23. The van der Waals surface area contributed by atoms with Crippen LogP contribution < -0.4 is 5.32 Å². The number of carbonyl (C=O) groups excluding carboxylic acids is 2. The second-order valence-corrected chi connectivity index (χ2v) is 4.70. The molecule has 6 nitrogen and oxygen atoms in total. The van der Waals surface area contributed by atoms with E-state index in [1.165, 1.54) is 18.9 Å². The lowest BCUT2D eigenvalue weighted by molar-refractivity contribution is -0.138. The number of aliphatic carboxylic acids is 1. The quantitative estimate of drug-likeness (QED) is 0.700. The Morgan fingerprint density at radius 3 is 2.24 bits per heavy atom. The molecule has 0 saturated carbocycles. The largest absolute Gasteiger partial charge is 0.481 e. The van der Waals surface area contributed by atoms with Gasteiger partial charge in [0.1, 0.15) is 0 Å². The Morgan fingerprint density at radius 1 is 1.29 bits per heavy atom. The lowest BCUT2D eigenvalue weighted by atomic mass is 9.98. The van der Waals surface area contributed by atoms with E-state index in [4.69, 9.17) is 5.11 Å². The molecule has 0 aliphatic heterocycles. The van der Waals surface area contributed by atoms with Crippen LogP contribution in [0.15, 0.2) is 0 Å². The molecular formula is C11H20N2O4. The highest BCUT2D eigenvalue weighted by atomic mass is 16.4. The summed E-state index contributed by atoms with van der Waals surface area (Å²) in [4.78, 5) is 34.2. The number of likely N-dealkylation sites (N-methyl/N-ethyl adjacent to an activating group) is 1. The number of carboxylic acids is 1. The third-order valence-corrected chi connectivity index (χ3v) is 2.36. The molecule has 0 aliphatic carbocycles. The van der Waals surface area contributed by atoms with E-state index in [1.807, 2.05) is 0 Å². The Morgan fingerprint density at radius 2 is 1.82 bits per heavy atom. The molecule has 0 heterocycles. The zero-order valence-corrected chi connectivity index (χ0v) is 10.7. The molecular weight excluding hydrogens is 224 g/mol. The van der Waals surface area contributed by atoms with E-state index in [9.17, 15) is 14.4 Å². The Kier molecular flexibility index (Phi) is 5.64. The summed E-state index contributed by atoms with van der Waals surface area (Å²) in [5, 5.41) is 11.3. The van der Waals surface area contributed by atoms with E-state index >= 15 is 0 Å². The van der Waals surface area contributed by atoms with E-state index in [0.29, 0.717) is 6.42 Å². The van der Waals surface area contributed by atoms with Crippen LogP contribution in [-0.2, 0) is 14.4 Å². The Hall–Kier alpha value is -1.59. The van der Waals surface area contributed by atoms with Gasteiger partial charge in [-0.05, 0) is 20.3 Å². The molecule has 0 atom stereocenters. The molecule has 2 N–H and O–H groups in total. The van der Waals surface area contributed by atoms with Crippen LogP contribution in [-0.4, -0.2) is 46.9 Å². The predicted molar refractivity (Wildman–Crippen MR) is 62.4 cm³/mol. The van der Waals surface area contributed by atoms with E-state index in [-0.39, 0.29) is 24.8 Å². The molecule has 0 rings (SSSR count). The minimum Gasteiger partial charge on any atom is -0.481 e. The number of carbonyl (C=O) groups is 3. The normalized spacial score (nSPS) is 10.8. The number of nitrogens with zero attached hydrogens (tertiary/aromatic N) is 1. The molecule has 0 bridgehead atoms. The summed E-state index contributed by atoms with van der Waals surface area (Å²) in [6.45, 7) is 4.86. The first kappa shape index (κ1) is 15.4. The minimum atomic E-state index is -0.895. The Bertz CT molecular complexity index is 313. The van der Waals surface area contributed by atoms with E-state index in [1.54, 1.807) is 13.8 Å². The lowest BCUT2D eigenvalue weighted by Crippen LogP contribution is -2.48. The first-order valence-electron chi connectivity index (χ1n) is 5.38. The maximum absolute atomic E-state index is 11.6. The summed E-state index contributed by atoms with van der Waals surface area (Å²) in [7, 11) is 1.53. The van der Waals surface area contributed by atoms with Crippen LogP contribution in [0, 0.1) is 0 Å². The molecule has 0 aliphatic rings. The molecule has 17 heavy (non-hydrogen) atoms. The standard InChI is InChI=1S/C11H20N2O4/c1-8(14)13(4)7-9(15)12-11(2,3)6-5-10(16)17/h5-7H2,1-4H3,(H,12,15)(H,16,17). The SMILES string of the molecule is CC(=O)N(C)CC(=O)NC(C)(C)CCC(=O)O. The summed E-state index contributed by atoms with van der Waals surface area (Å²) >= 11 is 0. The van der Waals surface area contributed by atoms with Gasteiger partial charge in [0, 0.05) is 25.9 Å².